The predicted molar refractivity (Wildman–Crippen MR) is 130 cm³/mol. The number of piperazine rings is 1. The summed E-state index contributed by atoms with van der Waals surface area (Å²) in [4.78, 5) is 24.9. The number of ether oxygens (including phenoxy) is 1. The van der Waals surface area contributed by atoms with Crippen molar-refractivity contribution in [3.05, 3.63) is 45.9 Å². The summed E-state index contributed by atoms with van der Waals surface area (Å²) in [5.41, 5.74) is 1.44. The molecular weight excluding hydrogens is 458 g/mol. The van der Waals surface area contributed by atoms with Crippen molar-refractivity contribution in [2.24, 2.45) is 9.98 Å². The molecule has 3 aliphatic heterocycles. The molecule has 11 heteroatoms. The van der Waals surface area contributed by atoms with Gasteiger partial charge in [0, 0.05) is 45.3 Å². The Hall–Kier alpha value is -2.60. The normalized spacial score (nSPS) is 20.6. The number of carbonyl (C=O) groups is 1. The van der Waals surface area contributed by atoms with Crippen molar-refractivity contribution in [3.8, 4) is 0 Å². The van der Waals surface area contributed by atoms with Crippen molar-refractivity contribution < 1.29 is 22.4 Å². The summed E-state index contributed by atoms with van der Waals surface area (Å²) < 4.78 is 38.4. The molecular formula is C23H31N5O5S. The van der Waals surface area contributed by atoms with Gasteiger partial charge in [-0.25, -0.2) is 8.42 Å². The minimum atomic E-state index is -3.57. The van der Waals surface area contributed by atoms with Gasteiger partial charge in [0.2, 0.25) is 10.0 Å². The van der Waals surface area contributed by atoms with E-state index >= 15 is 0 Å². The molecule has 0 unspecified atom stereocenters. The Balaban J connectivity index is 1.37. The first kappa shape index (κ1) is 24.5. The molecule has 0 radical (unpaired) electrons. The minimum absolute atomic E-state index is 0.160. The van der Waals surface area contributed by atoms with Crippen LogP contribution in [-0.2, 0) is 21.2 Å². The summed E-state index contributed by atoms with van der Waals surface area (Å²) in [6, 6.07) is 2.16. The van der Waals surface area contributed by atoms with E-state index in [2.05, 4.69) is 21.6 Å². The second-order valence-electron chi connectivity index (χ2n) is 8.67. The Morgan fingerprint density at radius 1 is 1.29 bits per heavy atom. The van der Waals surface area contributed by atoms with Crippen LogP contribution >= 0.6 is 0 Å². The van der Waals surface area contributed by atoms with E-state index in [-0.39, 0.29) is 23.1 Å². The third-order valence-corrected chi connectivity index (χ3v) is 8.38. The molecule has 10 nitrogen and oxygen atoms in total. The summed E-state index contributed by atoms with van der Waals surface area (Å²) in [6.45, 7) is 9.73. The van der Waals surface area contributed by atoms with Crippen LogP contribution in [0.1, 0.15) is 28.8 Å². The van der Waals surface area contributed by atoms with Crippen LogP contribution in [0.4, 0.5) is 0 Å². The molecule has 0 N–H and O–H groups in total. The maximum absolute atomic E-state index is 13.0. The third-order valence-electron chi connectivity index (χ3n) is 6.39. The van der Waals surface area contributed by atoms with Gasteiger partial charge < -0.3 is 14.1 Å². The van der Waals surface area contributed by atoms with Crippen LogP contribution in [0, 0.1) is 0 Å². The van der Waals surface area contributed by atoms with Gasteiger partial charge in [-0.2, -0.15) is 4.31 Å². The number of likely N-dealkylation sites (N-methyl/N-ethyl adjacent to an activating group) is 1. The fourth-order valence-electron chi connectivity index (χ4n) is 4.09. The first-order valence-corrected chi connectivity index (χ1v) is 12.8. The predicted octanol–water partition coefficient (Wildman–Crippen LogP) is 1.16. The maximum atomic E-state index is 13.0. The number of allylic oxidation sites excluding steroid dienone is 3. The quantitative estimate of drug-likeness (QED) is 0.401. The second kappa shape index (κ2) is 10.3. The summed E-state index contributed by atoms with van der Waals surface area (Å²) in [6.07, 6.45) is 5.49. The lowest BCUT2D eigenvalue weighted by molar-refractivity contribution is -0.0720. The largest absolute Gasteiger partial charge is 0.450 e. The van der Waals surface area contributed by atoms with Crippen LogP contribution < -0.4 is 0 Å². The van der Waals surface area contributed by atoms with Gasteiger partial charge in [0.15, 0.2) is 5.76 Å². The molecule has 0 aromatic carbocycles. The maximum Gasteiger partial charge on any atom is 0.289 e. The lowest BCUT2D eigenvalue weighted by Crippen LogP contribution is -2.57. The van der Waals surface area contributed by atoms with Gasteiger partial charge in [0.05, 0.1) is 42.6 Å². The van der Waals surface area contributed by atoms with E-state index < -0.39 is 10.0 Å². The van der Waals surface area contributed by atoms with Crippen molar-refractivity contribution in [2.45, 2.75) is 19.4 Å². The molecule has 0 spiro atoms. The number of sulfonamides is 1. The average Bonchev–Trinajstić information content (AvgIpc) is 3.24. The van der Waals surface area contributed by atoms with Crippen LogP contribution in [-0.4, -0.2) is 107 Å². The number of nitrogens with zero attached hydrogens (tertiary/aromatic N) is 5. The van der Waals surface area contributed by atoms with E-state index in [4.69, 9.17) is 9.15 Å². The van der Waals surface area contributed by atoms with Gasteiger partial charge in [-0.05, 0) is 38.3 Å². The molecule has 34 heavy (non-hydrogen) atoms. The van der Waals surface area contributed by atoms with Crippen molar-refractivity contribution in [2.75, 3.05) is 59.5 Å². The third kappa shape index (κ3) is 5.22. The molecule has 2 saturated heterocycles. The van der Waals surface area contributed by atoms with E-state index in [1.165, 1.54) is 15.3 Å². The summed E-state index contributed by atoms with van der Waals surface area (Å²) in [5, 5.41) is 0. The molecule has 4 heterocycles. The van der Waals surface area contributed by atoms with Gasteiger partial charge in [-0.1, -0.05) is 0 Å². The second-order valence-corrected chi connectivity index (χ2v) is 10.8. The number of fused-ring (bicyclic) bond motifs is 1. The van der Waals surface area contributed by atoms with E-state index in [1.807, 2.05) is 0 Å². The number of furan rings is 1. The number of amides is 1. The highest BCUT2D eigenvalue weighted by atomic mass is 32.2. The number of aliphatic imine (C=N–C) groups is 2. The molecule has 2 fully saturated rings. The van der Waals surface area contributed by atoms with Crippen LogP contribution in [0.15, 0.2) is 43.2 Å². The molecule has 1 amide bonds. The van der Waals surface area contributed by atoms with Crippen molar-refractivity contribution >= 4 is 28.9 Å². The topological polar surface area (TPSA) is 108 Å². The van der Waals surface area contributed by atoms with Crippen molar-refractivity contribution in [1.29, 1.82) is 0 Å². The number of hydrogen-bond acceptors (Lipinski definition) is 8. The zero-order chi connectivity index (χ0) is 24.3. The fourth-order valence-corrected chi connectivity index (χ4v) is 5.38. The zero-order valence-electron chi connectivity index (χ0n) is 19.6. The molecule has 3 aliphatic rings. The Morgan fingerprint density at radius 2 is 2.03 bits per heavy atom. The van der Waals surface area contributed by atoms with Gasteiger partial charge in [0.1, 0.15) is 5.76 Å². The van der Waals surface area contributed by atoms with E-state index in [0.717, 1.165) is 25.2 Å². The van der Waals surface area contributed by atoms with Gasteiger partial charge >= 0.3 is 0 Å². The summed E-state index contributed by atoms with van der Waals surface area (Å²) in [5.74, 6) is 0.567. The van der Waals surface area contributed by atoms with Crippen LogP contribution in [0.5, 0.6) is 0 Å². The first-order valence-electron chi connectivity index (χ1n) is 11.3. The van der Waals surface area contributed by atoms with Crippen molar-refractivity contribution in [3.63, 3.8) is 0 Å². The lowest BCUT2D eigenvalue weighted by Gasteiger charge is -2.42. The van der Waals surface area contributed by atoms with E-state index in [1.54, 1.807) is 32.3 Å². The highest BCUT2D eigenvalue weighted by molar-refractivity contribution is 7.93. The molecule has 0 saturated carbocycles. The van der Waals surface area contributed by atoms with E-state index in [9.17, 15) is 13.2 Å². The SMILES string of the molecule is C=NC(=CC=C(C)S(=O)(=O)N1CCN(C2COC2)CC1)CN(C)C(=O)c1cc2c(o1)C=NCC2. The minimum Gasteiger partial charge on any atom is -0.450 e. The molecule has 184 valence electrons. The van der Waals surface area contributed by atoms with E-state index in [0.29, 0.717) is 50.2 Å². The molecule has 1 aromatic heterocycles. The van der Waals surface area contributed by atoms with Crippen LogP contribution in [0.25, 0.3) is 0 Å². The number of rotatable bonds is 8. The molecule has 0 aliphatic carbocycles. The van der Waals surface area contributed by atoms with Gasteiger partial charge in [-0.15, -0.1) is 0 Å². The van der Waals surface area contributed by atoms with Gasteiger partial charge in [-0.3, -0.25) is 19.7 Å². The molecule has 0 atom stereocenters. The number of carbonyl (C=O) groups excluding carboxylic acids is 1. The first-order chi connectivity index (χ1) is 16.3. The van der Waals surface area contributed by atoms with Crippen LogP contribution in [0.2, 0.25) is 0 Å². The Labute approximate surface area is 200 Å². The Morgan fingerprint density at radius 3 is 2.65 bits per heavy atom. The highest BCUT2D eigenvalue weighted by Gasteiger charge is 2.33. The zero-order valence-corrected chi connectivity index (χ0v) is 20.5. The highest BCUT2D eigenvalue weighted by Crippen LogP contribution is 2.21. The standard InChI is InChI=1S/C23H31N5O5S/c1-17(34(30,31)28-10-8-27(9-11-28)20-15-32-16-20)4-5-19(24-2)14-26(3)23(29)21-12-18-6-7-25-13-22(18)33-21/h4-5,12-13,20H,2,6-11,14-16H2,1,3H3. The van der Waals surface area contributed by atoms with Gasteiger partial charge in [0.25, 0.3) is 5.91 Å². The summed E-state index contributed by atoms with van der Waals surface area (Å²) in [7, 11) is -1.94. The molecule has 4 rings (SSSR count). The number of hydrogen-bond donors (Lipinski definition) is 0. The molecule has 0 bridgehead atoms. The monoisotopic (exact) mass is 489 g/mol. The fraction of sp³-hybridized carbons (Fsp3) is 0.522. The Bertz CT molecular complexity index is 1120. The average molecular weight is 490 g/mol. The Kier molecular flexibility index (Phi) is 7.46. The van der Waals surface area contributed by atoms with Crippen LogP contribution in [0.3, 0.4) is 0 Å². The smallest absolute Gasteiger partial charge is 0.289 e. The van der Waals surface area contributed by atoms with Crippen molar-refractivity contribution in [1.82, 2.24) is 14.1 Å². The summed E-state index contributed by atoms with van der Waals surface area (Å²) >= 11 is 0. The lowest BCUT2D eigenvalue weighted by atomic mass is 10.1. The molecule has 1 aromatic rings.